The van der Waals surface area contributed by atoms with Gasteiger partial charge in [0.25, 0.3) is 0 Å². The zero-order valence-corrected chi connectivity index (χ0v) is 37.7. The quantitative estimate of drug-likeness (QED) is 0.0856. The summed E-state index contributed by atoms with van der Waals surface area (Å²) >= 11 is -8.16. The Kier molecular flexibility index (Phi) is 11.6. The van der Waals surface area contributed by atoms with Gasteiger partial charge in [0, 0.05) is 0 Å². The molecule has 0 aliphatic rings. The average molecular weight is 900 g/mol. The van der Waals surface area contributed by atoms with E-state index < -0.39 is 46.6 Å². The molecule has 59 heavy (non-hydrogen) atoms. The Morgan fingerprint density at radius 2 is 0.746 bits per heavy atom. The molecule has 0 aliphatic carbocycles. The van der Waals surface area contributed by atoms with E-state index in [0.717, 1.165) is 50.4 Å². The van der Waals surface area contributed by atoms with Gasteiger partial charge in [0.05, 0.1) is 0 Å². The maximum absolute atomic E-state index is 13.8. The molecule has 8 rings (SSSR count). The number of fused-ring (bicyclic) bond motifs is 4. The van der Waals surface area contributed by atoms with Crippen LogP contribution in [-0.2, 0) is 16.6 Å². The van der Waals surface area contributed by atoms with Crippen molar-refractivity contribution in [2.24, 2.45) is 0 Å². The van der Waals surface area contributed by atoms with Crippen LogP contribution in [0.5, 0.6) is 23.0 Å². The van der Waals surface area contributed by atoms with Crippen LogP contribution in [0.3, 0.4) is 0 Å². The molecule has 0 saturated heterocycles. The number of hydrogen-bond donors (Lipinski definition) is 0. The average Bonchev–Trinajstić information content (AvgIpc) is 3.21. The summed E-state index contributed by atoms with van der Waals surface area (Å²) < 4.78 is 37.6. The van der Waals surface area contributed by atoms with Crippen molar-refractivity contribution in [1.29, 1.82) is 0 Å². The van der Waals surface area contributed by atoms with E-state index in [-0.39, 0.29) is 5.57 Å². The van der Waals surface area contributed by atoms with Crippen molar-refractivity contribution >= 4 is 90.2 Å². The Balaban J connectivity index is 1.08. The van der Waals surface area contributed by atoms with Crippen LogP contribution in [0, 0.1) is 27.7 Å². The monoisotopic (exact) mass is 898 g/mol. The van der Waals surface area contributed by atoms with Crippen LogP contribution in [0.15, 0.2) is 133 Å². The number of carbonyl (C=O) groups excluding carboxylic acids is 2. The van der Waals surface area contributed by atoms with Crippen LogP contribution in [0.25, 0.3) is 43.6 Å². The van der Waals surface area contributed by atoms with Gasteiger partial charge >= 0.3 is 354 Å². The van der Waals surface area contributed by atoms with E-state index in [1.54, 1.807) is 24.3 Å². The number of aromatic nitrogens is 4. The van der Waals surface area contributed by atoms with Crippen LogP contribution < -0.4 is 14.1 Å². The SMILES string of the molecule is C/C(=C\C(=O)[O][Ga]([O]c1cccc2ccc(C)nc12)[O]c1cccc2ccc(C)nc12)C(=O)[O][Ga]([O]c1cccc2ccc(C)nc12)[O]c1cccc2ccc(C)nc12. The zero-order valence-electron chi connectivity index (χ0n) is 32.8. The van der Waals surface area contributed by atoms with E-state index >= 15 is 0 Å². The van der Waals surface area contributed by atoms with E-state index in [1.165, 1.54) is 6.92 Å². The van der Waals surface area contributed by atoms with Gasteiger partial charge in [0.15, 0.2) is 0 Å². The number of pyridine rings is 4. The number of benzene rings is 4. The van der Waals surface area contributed by atoms with Gasteiger partial charge in [-0.2, -0.15) is 0 Å². The predicted octanol–water partition coefficient (Wildman–Crippen LogP) is 8.73. The normalized spacial score (nSPS) is 11.4. The Morgan fingerprint density at radius 3 is 1.07 bits per heavy atom. The molecule has 0 atom stereocenters. The van der Waals surface area contributed by atoms with Gasteiger partial charge in [-0.15, -0.1) is 0 Å². The van der Waals surface area contributed by atoms with Gasteiger partial charge in [-0.25, -0.2) is 0 Å². The summed E-state index contributed by atoms with van der Waals surface area (Å²) in [6.07, 6.45) is 1.05. The first-order valence-electron chi connectivity index (χ1n) is 18.8. The minimum atomic E-state index is -4.09. The Bertz CT molecular complexity index is 2770. The van der Waals surface area contributed by atoms with Crippen molar-refractivity contribution in [3.05, 3.63) is 156 Å². The van der Waals surface area contributed by atoms with Crippen molar-refractivity contribution in [3.8, 4) is 23.0 Å². The molecule has 0 amide bonds. The van der Waals surface area contributed by atoms with Gasteiger partial charge < -0.3 is 0 Å². The van der Waals surface area contributed by atoms with E-state index in [4.69, 9.17) is 21.2 Å². The fraction of sp³-hybridized carbons (Fsp3) is 0.111. The topological polar surface area (TPSA) is 141 Å². The van der Waals surface area contributed by atoms with E-state index in [0.29, 0.717) is 45.1 Å². The summed E-state index contributed by atoms with van der Waals surface area (Å²) in [6.45, 7) is 8.98. The van der Waals surface area contributed by atoms with Gasteiger partial charge in [0.2, 0.25) is 0 Å². The first-order chi connectivity index (χ1) is 28.6. The molecule has 0 radical (unpaired) electrons. The molecule has 4 heterocycles. The molecule has 0 aliphatic heterocycles. The number of para-hydroxylation sites is 4. The third-order valence-corrected chi connectivity index (χ3v) is 14.7. The summed E-state index contributed by atoms with van der Waals surface area (Å²) in [4.78, 5) is 46.2. The second kappa shape index (κ2) is 17.3. The second-order valence-electron chi connectivity index (χ2n) is 13.8. The molecule has 4 aromatic heterocycles. The van der Waals surface area contributed by atoms with Crippen molar-refractivity contribution in [1.82, 2.24) is 19.9 Å². The number of hydrogen-bond acceptors (Lipinski definition) is 12. The summed E-state index contributed by atoms with van der Waals surface area (Å²) in [7, 11) is 0. The van der Waals surface area contributed by atoms with Crippen molar-refractivity contribution in [2.45, 2.75) is 34.6 Å². The second-order valence-corrected chi connectivity index (χ2v) is 19.2. The third-order valence-electron chi connectivity index (χ3n) is 9.25. The fourth-order valence-electron chi connectivity index (χ4n) is 6.35. The number of rotatable bonds is 12. The third kappa shape index (κ3) is 9.21. The fourth-order valence-corrected chi connectivity index (χ4v) is 11.6. The zero-order chi connectivity index (χ0) is 41.0. The molecule has 0 bridgehead atoms. The molecule has 290 valence electrons. The summed E-state index contributed by atoms with van der Waals surface area (Å²) in [5, 5.41) is 3.37. The van der Waals surface area contributed by atoms with Crippen LogP contribution >= 0.6 is 0 Å². The summed E-state index contributed by atoms with van der Waals surface area (Å²) in [6, 6.07) is 37.4. The predicted molar refractivity (Wildman–Crippen MR) is 226 cm³/mol. The van der Waals surface area contributed by atoms with Crippen LogP contribution in [0.2, 0.25) is 0 Å². The maximum atomic E-state index is 13.8. The molecule has 0 fully saturated rings. The molecule has 12 nitrogen and oxygen atoms in total. The van der Waals surface area contributed by atoms with Crippen molar-refractivity contribution in [3.63, 3.8) is 0 Å². The van der Waals surface area contributed by atoms with Gasteiger partial charge in [-0.3, -0.25) is 0 Å². The van der Waals surface area contributed by atoms with E-state index in [9.17, 15) is 9.59 Å². The molecule has 4 aromatic carbocycles. The first-order valence-corrected chi connectivity index (χ1v) is 24.7. The van der Waals surface area contributed by atoms with Gasteiger partial charge in [-0.05, 0) is 0 Å². The molecule has 0 N–H and O–H groups in total. The molecule has 8 aromatic rings. The van der Waals surface area contributed by atoms with Crippen LogP contribution in [0.1, 0.15) is 29.7 Å². The Morgan fingerprint density at radius 1 is 0.441 bits per heavy atom. The summed E-state index contributed by atoms with van der Waals surface area (Å²) in [5.74, 6) is -0.0858. The first kappa shape index (κ1) is 39.5. The van der Waals surface area contributed by atoms with Crippen molar-refractivity contribution < 1.29 is 30.8 Å². The molecule has 0 saturated carbocycles. The Hall–Kier alpha value is -6.33. The molecule has 14 heteroatoms. The van der Waals surface area contributed by atoms with Crippen LogP contribution in [-0.4, -0.2) is 66.5 Å². The standard InChI is InChI=1S/4C10H9NO.C5H6O4.2Ga/c4*1-7-5-6-8-3-2-4-9(12)10(8)11-7;1-3(5(8)9)2-4(6)7;;/h4*2-6,12H,1H3;2H,1H3,(H,6,7)(H,8,9);;/q;;;;;2*+3/p-6/b;;;;3-2+;;. The number of aryl methyl sites for hydroxylation is 4. The number of nitrogens with zero attached hydrogens (tertiary/aromatic N) is 4. The van der Waals surface area contributed by atoms with Gasteiger partial charge in [0.1, 0.15) is 0 Å². The summed E-state index contributed by atoms with van der Waals surface area (Å²) in [5.41, 5.74) is 5.47. The number of carbonyl (C=O) groups is 2. The van der Waals surface area contributed by atoms with Crippen molar-refractivity contribution in [2.75, 3.05) is 0 Å². The molecular formula is C45H36Ga2N4O8. The van der Waals surface area contributed by atoms with Gasteiger partial charge in [-0.1, -0.05) is 0 Å². The van der Waals surface area contributed by atoms with E-state index in [1.807, 2.05) is 125 Å². The van der Waals surface area contributed by atoms with Crippen LogP contribution in [0.4, 0.5) is 0 Å². The Labute approximate surface area is 352 Å². The molecular weight excluding hydrogens is 864 g/mol. The van der Waals surface area contributed by atoms with E-state index in [2.05, 4.69) is 19.9 Å². The molecule has 0 spiro atoms. The minimum absolute atomic E-state index is 0.0531. The molecule has 0 unspecified atom stereocenters.